The van der Waals surface area contributed by atoms with Gasteiger partial charge in [-0.2, -0.15) is 18.4 Å². The summed E-state index contributed by atoms with van der Waals surface area (Å²) in [5.41, 5.74) is 7.83. The van der Waals surface area contributed by atoms with Gasteiger partial charge in [-0.3, -0.25) is 19.7 Å². The zero-order valence-corrected chi connectivity index (χ0v) is 27.7. The molecule has 0 spiro atoms. The van der Waals surface area contributed by atoms with Gasteiger partial charge in [-0.05, 0) is 98.4 Å². The summed E-state index contributed by atoms with van der Waals surface area (Å²) in [7, 11) is 5.58. The van der Waals surface area contributed by atoms with Crippen LogP contribution in [-0.2, 0) is 22.1 Å². The van der Waals surface area contributed by atoms with Crippen molar-refractivity contribution in [2.75, 3.05) is 32.6 Å². The van der Waals surface area contributed by atoms with Crippen LogP contribution in [0, 0.1) is 28.6 Å². The number of nitrogens with zero attached hydrogens (tertiary/aromatic N) is 4. The number of methoxy groups -OCH3 is 1. The third-order valence-corrected chi connectivity index (χ3v) is 10.1. The lowest BCUT2D eigenvalue weighted by Gasteiger charge is -2.43. The molecule has 1 saturated carbocycles. The van der Waals surface area contributed by atoms with Gasteiger partial charge in [-0.15, -0.1) is 0 Å². The molecule has 2 aromatic carbocycles. The minimum absolute atomic E-state index is 0.0644. The summed E-state index contributed by atoms with van der Waals surface area (Å²) in [5.74, 6) is 0.135. The molecule has 1 aliphatic heterocycles. The molecular formula is C36H42F3N6O3+. The van der Waals surface area contributed by atoms with Gasteiger partial charge in [0.15, 0.2) is 0 Å². The molecule has 2 amide bonds. The maximum atomic E-state index is 13.6. The fraction of sp³-hybridized carbons (Fsp3) is 0.444. The number of allylic oxidation sites excluding steroid dienone is 3. The summed E-state index contributed by atoms with van der Waals surface area (Å²) >= 11 is 0. The van der Waals surface area contributed by atoms with E-state index in [0.29, 0.717) is 29.5 Å². The van der Waals surface area contributed by atoms with Gasteiger partial charge in [0.05, 0.1) is 50.5 Å². The van der Waals surface area contributed by atoms with Crippen molar-refractivity contribution in [1.82, 2.24) is 4.90 Å². The van der Waals surface area contributed by atoms with E-state index in [1.807, 2.05) is 0 Å². The number of alkyl halides is 3. The molecule has 0 saturated heterocycles. The molecule has 5 rings (SSSR count). The molecule has 0 radical (unpaired) electrons. The molecule has 12 heteroatoms. The zero-order chi connectivity index (χ0) is 35.0. The van der Waals surface area contributed by atoms with Gasteiger partial charge in [0.25, 0.3) is 0 Å². The first-order chi connectivity index (χ1) is 22.7. The van der Waals surface area contributed by atoms with Crippen LogP contribution >= 0.6 is 0 Å². The van der Waals surface area contributed by atoms with Crippen molar-refractivity contribution >= 4 is 23.6 Å². The highest BCUT2D eigenvalue weighted by Gasteiger charge is 2.45. The number of anilines is 1. The van der Waals surface area contributed by atoms with E-state index in [9.17, 15) is 28.0 Å². The number of primary amides is 1. The van der Waals surface area contributed by atoms with E-state index in [1.54, 1.807) is 18.2 Å². The second kappa shape index (κ2) is 13.5. The summed E-state index contributed by atoms with van der Waals surface area (Å²) in [5, 5.41) is 18.8. The van der Waals surface area contributed by atoms with Crippen LogP contribution in [-0.4, -0.2) is 55.1 Å². The van der Waals surface area contributed by atoms with Crippen LogP contribution in [0.1, 0.15) is 73.7 Å². The molecular weight excluding hydrogens is 621 g/mol. The molecule has 254 valence electrons. The number of fused-ring (bicyclic) bond motifs is 2. The molecule has 2 aromatic rings. The molecule has 2 aliphatic carbocycles. The number of benzene rings is 2. The van der Waals surface area contributed by atoms with E-state index in [0.717, 1.165) is 64.7 Å². The Labute approximate surface area is 279 Å². The average molecular weight is 664 g/mol. The molecule has 2 bridgehead atoms. The third-order valence-electron chi connectivity index (χ3n) is 10.1. The number of hydrogen-bond acceptors (Lipinski definition) is 5. The fourth-order valence-corrected chi connectivity index (χ4v) is 7.59. The van der Waals surface area contributed by atoms with Crippen molar-refractivity contribution in [3.8, 4) is 6.07 Å². The van der Waals surface area contributed by atoms with Crippen LogP contribution in [0.2, 0.25) is 0 Å². The van der Waals surface area contributed by atoms with Crippen molar-refractivity contribution in [3.63, 3.8) is 0 Å². The number of guanidine groups is 1. The Kier molecular flexibility index (Phi) is 9.74. The highest BCUT2D eigenvalue weighted by atomic mass is 19.4. The summed E-state index contributed by atoms with van der Waals surface area (Å²) in [6.07, 6.45) is 5.03. The lowest BCUT2D eigenvalue weighted by Crippen LogP contribution is -2.55. The Hall–Kier alpha value is -4.63. The molecule has 1 fully saturated rings. The van der Waals surface area contributed by atoms with Gasteiger partial charge in [-0.1, -0.05) is 12.1 Å². The van der Waals surface area contributed by atoms with Gasteiger partial charge in [0.2, 0.25) is 5.96 Å². The van der Waals surface area contributed by atoms with E-state index in [2.05, 4.69) is 26.2 Å². The lowest BCUT2D eigenvalue weighted by molar-refractivity contribution is -0.854. The number of rotatable bonds is 8. The van der Waals surface area contributed by atoms with Crippen molar-refractivity contribution in [2.45, 2.75) is 64.1 Å². The second-order valence-electron chi connectivity index (χ2n) is 13.5. The van der Waals surface area contributed by atoms with E-state index in [-0.39, 0.29) is 17.0 Å². The molecule has 3 N–H and O–H groups in total. The minimum atomic E-state index is -4.67. The summed E-state index contributed by atoms with van der Waals surface area (Å²) in [6, 6.07) is 9.04. The molecule has 48 heavy (non-hydrogen) atoms. The van der Waals surface area contributed by atoms with Gasteiger partial charge in [-0.25, -0.2) is 9.59 Å². The van der Waals surface area contributed by atoms with Gasteiger partial charge >= 0.3 is 18.2 Å². The number of urea groups is 1. The average Bonchev–Trinajstić information content (AvgIpc) is 3.37. The van der Waals surface area contributed by atoms with E-state index in [4.69, 9.17) is 15.9 Å². The number of esters is 1. The number of carbonyl (C=O) groups is 2. The summed E-state index contributed by atoms with van der Waals surface area (Å²) in [4.78, 5) is 28.6. The standard InChI is InChI=1S/C36H41F3N6O3/c1-22-31(33(46)48-4)32(44(35(42)47)34(41)43(22)28-9-5-8-27(20-28)36(37,38)39)30-15-13-25(21-40)18-26(30)7-6-16-45(2,3)29-14-12-23-10-11-24(17-23)19-29/h5,8-9,13-15,18,20,23-24,32,41H,6-7,10-12,16-17,19H2,1-4H3,(H-,42,47)/p+1/t23?,24?,32-/m1/s1. The van der Waals surface area contributed by atoms with E-state index >= 15 is 0 Å². The highest BCUT2D eigenvalue weighted by molar-refractivity contribution is 6.10. The summed E-state index contributed by atoms with van der Waals surface area (Å²) < 4.78 is 46.8. The normalized spacial score (nSPS) is 21.5. The summed E-state index contributed by atoms with van der Waals surface area (Å²) in [6.45, 7) is 2.30. The predicted octanol–water partition coefficient (Wildman–Crippen LogP) is 7.00. The smallest absolute Gasteiger partial charge is 0.416 e. The SMILES string of the molecule is COC(=O)C1=C(C)N(c2cccc(C(F)(F)F)c2)C(=N)N(C(N)=O)[C@@H]1c1ccc(C#N)cc1CCC[N+](C)(C)C1=CCC2CCC(C1)C2. The number of halogens is 3. The number of amides is 2. The molecule has 1 heterocycles. The Bertz CT molecular complexity index is 1720. The number of carbonyl (C=O) groups excluding carboxylic acids is 2. The topological polar surface area (TPSA) is 124 Å². The number of hydrogen-bond donors (Lipinski definition) is 2. The van der Waals surface area contributed by atoms with Crippen molar-refractivity contribution in [2.24, 2.45) is 17.6 Å². The van der Waals surface area contributed by atoms with Gasteiger partial charge in [0.1, 0.15) is 11.7 Å². The van der Waals surface area contributed by atoms with Crippen molar-refractivity contribution in [1.29, 1.82) is 10.7 Å². The van der Waals surface area contributed by atoms with Crippen LogP contribution in [0.5, 0.6) is 0 Å². The number of nitriles is 1. The van der Waals surface area contributed by atoms with Gasteiger partial charge < -0.3 is 10.5 Å². The molecule has 2 unspecified atom stereocenters. The molecule has 3 atom stereocenters. The quantitative estimate of drug-likeness (QED) is 0.233. The van der Waals surface area contributed by atoms with Crippen LogP contribution in [0.25, 0.3) is 0 Å². The second-order valence-corrected chi connectivity index (χ2v) is 13.5. The van der Waals surface area contributed by atoms with Crippen LogP contribution in [0.3, 0.4) is 0 Å². The number of nitrogens with one attached hydrogen (secondary N) is 1. The first-order valence-corrected chi connectivity index (χ1v) is 16.2. The van der Waals surface area contributed by atoms with E-state index < -0.39 is 35.7 Å². The minimum Gasteiger partial charge on any atom is -0.466 e. The third kappa shape index (κ3) is 6.83. The number of quaternary nitrogens is 1. The molecule has 0 aromatic heterocycles. The Balaban J connectivity index is 1.54. The van der Waals surface area contributed by atoms with Gasteiger partial charge in [0, 0.05) is 24.2 Å². The first kappa shape index (κ1) is 34.7. The molecule has 9 nitrogen and oxygen atoms in total. The maximum Gasteiger partial charge on any atom is 0.416 e. The number of aryl methyl sites for hydroxylation is 1. The first-order valence-electron chi connectivity index (χ1n) is 16.2. The number of nitrogens with two attached hydrogens (primary N) is 1. The van der Waals surface area contributed by atoms with Crippen molar-refractivity contribution in [3.05, 3.63) is 87.8 Å². The Morgan fingerprint density at radius 1 is 1.15 bits per heavy atom. The highest BCUT2D eigenvalue weighted by Crippen LogP contribution is 2.43. The fourth-order valence-electron chi connectivity index (χ4n) is 7.59. The zero-order valence-electron chi connectivity index (χ0n) is 27.7. The Morgan fingerprint density at radius 3 is 2.54 bits per heavy atom. The van der Waals surface area contributed by atoms with E-state index in [1.165, 1.54) is 44.0 Å². The largest absolute Gasteiger partial charge is 0.466 e. The monoisotopic (exact) mass is 663 g/mol. The molecule has 3 aliphatic rings. The predicted molar refractivity (Wildman–Crippen MR) is 175 cm³/mol. The Morgan fingerprint density at radius 2 is 1.88 bits per heavy atom. The van der Waals surface area contributed by atoms with Crippen LogP contribution in [0.4, 0.5) is 23.7 Å². The van der Waals surface area contributed by atoms with Crippen LogP contribution < -0.4 is 10.6 Å². The van der Waals surface area contributed by atoms with Crippen molar-refractivity contribution < 1.29 is 32.0 Å². The van der Waals surface area contributed by atoms with Crippen LogP contribution in [0.15, 0.2) is 65.5 Å². The number of ether oxygens (including phenoxy) is 1. The maximum absolute atomic E-state index is 13.6. The lowest BCUT2D eigenvalue weighted by atomic mass is 9.87.